The largest absolute Gasteiger partial charge is 0.376 e. The molecule has 1 aromatic heterocycles. The highest BCUT2D eigenvalue weighted by molar-refractivity contribution is 5.79. The summed E-state index contributed by atoms with van der Waals surface area (Å²) in [6.07, 6.45) is 1.79. The second-order valence-corrected chi connectivity index (χ2v) is 5.86. The number of nitrogens with zero attached hydrogens (tertiary/aromatic N) is 3. The zero-order chi connectivity index (χ0) is 17.2. The van der Waals surface area contributed by atoms with E-state index in [1.165, 1.54) is 5.56 Å². The summed E-state index contributed by atoms with van der Waals surface area (Å²) in [6.45, 7) is 5.01. The van der Waals surface area contributed by atoms with Gasteiger partial charge in [0.25, 0.3) is 0 Å². The van der Waals surface area contributed by atoms with Gasteiger partial charge in [0.15, 0.2) is 5.96 Å². The van der Waals surface area contributed by atoms with Crippen molar-refractivity contribution in [2.75, 3.05) is 20.2 Å². The third-order valence-corrected chi connectivity index (χ3v) is 3.71. The van der Waals surface area contributed by atoms with Crippen LogP contribution in [0.3, 0.4) is 0 Å². The quantitative estimate of drug-likeness (QED) is 0.574. The molecule has 0 saturated heterocycles. The van der Waals surface area contributed by atoms with E-state index in [1.54, 1.807) is 13.2 Å². The zero-order valence-electron chi connectivity index (χ0n) is 14.7. The predicted octanol–water partition coefficient (Wildman–Crippen LogP) is 1.94. The molecule has 1 aromatic carbocycles. The maximum Gasteiger partial charge on any atom is 0.191 e. The number of guanidine groups is 1. The molecule has 6 nitrogen and oxygen atoms in total. The van der Waals surface area contributed by atoms with Crippen LogP contribution in [0.1, 0.15) is 18.2 Å². The van der Waals surface area contributed by atoms with Gasteiger partial charge in [-0.2, -0.15) is 5.10 Å². The van der Waals surface area contributed by atoms with Crippen LogP contribution in [0.25, 0.3) is 0 Å². The highest BCUT2D eigenvalue weighted by Crippen LogP contribution is 2.03. The van der Waals surface area contributed by atoms with E-state index in [2.05, 4.69) is 39.8 Å². The normalized spacial score (nSPS) is 12.9. The van der Waals surface area contributed by atoms with Crippen LogP contribution in [-0.2, 0) is 24.9 Å². The Labute approximate surface area is 143 Å². The molecule has 1 heterocycles. The molecule has 24 heavy (non-hydrogen) atoms. The maximum absolute atomic E-state index is 5.77. The van der Waals surface area contributed by atoms with Gasteiger partial charge in [-0.1, -0.05) is 37.3 Å². The number of benzene rings is 1. The van der Waals surface area contributed by atoms with Gasteiger partial charge in [0.1, 0.15) is 0 Å². The Bertz CT molecular complexity index is 623. The van der Waals surface area contributed by atoms with E-state index < -0.39 is 0 Å². The topological polar surface area (TPSA) is 63.5 Å². The Hall–Kier alpha value is -2.34. The number of aromatic nitrogens is 2. The number of hydrogen-bond acceptors (Lipinski definition) is 3. The van der Waals surface area contributed by atoms with Gasteiger partial charge in [-0.05, 0) is 17.5 Å². The van der Waals surface area contributed by atoms with E-state index in [4.69, 9.17) is 4.74 Å². The van der Waals surface area contributed by atoms with Crippen LogP contribution >= 0.6 is 0 Å². The first-order valence-corrected chi connectivity index (χ1v) is 8.22. The molecule has 130 valence electrons. The smallest absolute Gasteiger partial charge is 0.191 e. The van der Waals surface area contributed by atoms with E-state index in [-0.39, 0.29) is 0 Å². The average molecular weight is 329 g/mol. The summed E-state index contributed by atoms with van der Waals surface area (Å²) in [5, 5.41) is 10.8. The highest BCUT2D eigenvalue weighted by atomic mass is 16.5. The van der Waals surface area contributed by atoms with Gasteiger partial charge in [0, 0.05) is 26.8 Å². The molecule has 1 atom stereocenters. The Kier molecular flexibility index (Phi) is 7.29. The molecule has 2 N–H and O–H groups in total. The van der Waals surface area contributed by atoms with E-state index >= 15 is 0 Å². The minimum absolute atomic E-state index is 0.393. The fraction of sp³-hybridized carbons (Fsp3) is 0.444. The van der Waals surface area contributed by atoms with Crippen molar-refractivity contribution in [2.45, 2.75) is 20.1 Å². The lowest BCUT2D eigenvalue weighted by Gasteiger charge is -2.16. The molecule has 0 spiro atoms. The lowest BCUT2D eigenvalue weighted by atomic mass is 10.2. The van der Waals surface area contributed by atoms with Gasteiger partial charge in [-0.25, -0.2) is 0 Å². The van der Waals surface area contributed by atoms with Gasteiger partial charge in [0.2, 0.25) is 0 Å². The number of ether oxygens (including phenoxy) is 1. The van der Waals surface area contributed by atoms with Gasteiger partial charge in [0.05, 0.1) is 25.5 Å². The first-order valence-electron chi connectivity index (χ1n) is 8.22. The van der Waals surface area contributed by atoms with Crippen LogP contribution in [0.5, 0.6) is 0 Å². The predicted molar refractivity (Wildman–Crippen MR) is 96.7 cm³/mol. The third-order valence-electron chi connectivity index (χ3n) is 3.71. The van der Waals surface area contributed by atoms with E-state index in [0.717, 1.165) is 18.2 Å². The molecule has 0 bridgehead atoms. The first-order chi connectivity index (χ1) is 11.7. The van der Waals surface area contributed by atoms with Crippen molar-refractivity contribution in [1.82, 2.24) is 20.4 Å². The molecule has 0 amide bonds. The molecule has 0 aliphatic heterocycles. The molecule has 2 rings (SSSR count). The Balaban J connectivity index is 1.64. The van der Waals surface area contributed by atoms with Crippen LogP contribution in [0.4, 0.5) is 0 Å². The summed E-state index contributed by atoms with van der Waals surface area (Å²) >= 11 is 0. The Morgan fingerprint density at radius 1 is 1.25 bits per heavy atom. The first kappa shape index (κ1) is 18.0. The van der Waals surface area contributed by atoms with Crippen molar-refractivity contribution in [3.8, 4) is 0 Å². The maximum atomic E-state index is 5.77. The average Bonchev–Trinajstić information content (AvgIpc) is 3.01. The molecule has 0 fully saturated rings. The lowest BCUT2D eigenvalue weighted by Crippen LogP contribution is -2.40. The minimum Gasteiger partial charge on any atom is -0.376 e. The van der Waals surface area contributed by atoms with Crippen LogP contribution in [-0.4, -0.2) is 35.9 Å². The van der Waals surface area contributed by atoms with Crippen LogP contribution in [0, 0.1) is 5.92 Å². The van der Waals surface area contributed by atoms with Crippen LogP contribution in [0.15, 0.2) is 47.6 Å². The van der Waals surface area contributed by atoms with E-state index in [0.29, 0.717) is 25.7 Å². The summed E-state index contributed by atoms with van der Waals surface area (Å²) in [7, 11) is 3.70. The molecular formula is C18H27N5O. The molecule has 0 saturated carbocycles. The fourth-order valence-electron chi connectivity index (χ4n) is 2.25. The van der Waals surface area contributed by atoms with Crippen molar-refractivity contribution in [2.24, 2.45) is 18.0 Å². The second-order valence-electron chi connectivity index (χ2n) is 5.86. The second kappa shape index (κ2) is 9.72. The monoisotopic (exact) mass is 329 g/mol. The zero-order valence-corrected chi connectivity index (χ0v) is 14.7. The van der Waals surface area contributed by atoms with Crippen molar-refractivity contribution >= 4 is 5.96 Å². The molecule has 1 unspecified atom stereocenters. The Morgan fingerprint density at radius 2 is 2.04 bits per heavy atom. The van der Waals surface area contributed by atoms with Crippen molar-refractivity contribution < 1.29 is 4.74 Å². The standard InChI is InChI=1S/C18H27N5O/c1-15(13-24-14-16-7-5-4-6-8-16)11-20-18(19-2)21-12-17-9-10-22-23(17)3/h4-10,15H,11-14H2,1-3H3,(H2,19,20,21). The minimum atomic E-state index is 0.393. The number of hydrogen-bond donors (Lipinski definition) is 2. The number of rotatable bonds is 8. The van der Waals surface area contributed by atoms with Gasteiger partial charge in [-0.15, -0.1) is 0 Å². The Morgan fingerprint density at radius 3 is 2.71 bits per heavy atom. The molecule has 0 aliphatic carbocycles. The summed E-state index contributed by atoms with van der Waals surface area (Å²) in [4.78, 5) is 4.24. The van der Waals surface area contributed by atoms with Gasteiger partial charge >= 0.3 is 0 Å². The molecular weight excluding hydrogens is 302 g/mol. The molecule has 6 heteroatoms. The molecule has 0 radical (unpaired) electrons. The van der Waals surface area contributed by atoms with Gasteiger partial charge in [-0.3, -0.25) is 9.67 Å². The summed E-state index contributed by atoms with van der Waals surface area (Å²) in [5.74, 6) is 1.18. The van der Waals surface area contributed by atoms with Crippen LogP contribution in [0.2, 0.25) is 0 Å². The van der Waals surface area contributed by atoms with Crippen molar-refractivity contribution in [3.63, 3.8) is 0 Å². The number of aryl methyl sites for hydroxylation is 1. The highest BCUT2D eigenvalue weighted by Gasteiger charge is 2.05. The van der Waals surface area contributed by atoms with E-state index in [9.17, 15) is 0 Å². The van der Waals surface area contributed by atoms with Crippen molar-refractivity contribution in [1.29, 1.82) is 0 Å². The molecule has 2 aromatic rings. The lowest BCUT2D eigenvalue weighted by molar-refractivity contribution is 0.0931. The third kappa shape index (κ3) is 6.04. The van der Waals surface area contributed by atoms with Gasteiger partial charge < -0.3 is 15.4 Å². The SMILES string of the molecule is CN=C(NCc1ccnn1C)NCC(C)COCc1ccccc1. The summed E-state index contributed by atoms with van der Waals surface area (Å²) < 4.78 is 7.62. The summed E-state index contributed by atoms with van der Waals surface area (Å²) in [5.41, 5.74) is 2.31. The fourth-order valence-corrected chi connectivity index (χ4v) is 2.25. The van der Waals surface area contributed by atoms with Crippen molar-refractivity contribution in [3.05, 3.63) is 53.9 Å². The summed E-state index contributed by atoms with van der Waals surface area (Å²) in [6, 6.07) is 12.2. The number of nitrogens with one attached hydrogen (secondary N) is 2. The number of aliphatic imine (C=N–C) groups is 1. The van der Waals surface area contributed by atoms with Crippen LogP contribution < -0.4 is 10.6 Å². The molecule has 0 aliphatic rings. The van der Waals surface area contributed by atoms with E-state index in [1.807, 2.05) is 36.0 Å².